The lowest BCUT2D eigenvalue weighted by atomic mass is 10.1. The lowest BCUT2D eigenvalue weighted by Gasteiger charge is -2.00. The van der Waals surface area contributed by atoms with Crippen molar-refractivity contribution in [2.45, 2.75) is 32.6 Å². The van der Waals surface area contributed by atoms with E-state index in [1.165, 1.54) is 31.2 Å². The van der Waals surface area contributed by atoms with Crippen LogP contribution in [0.15, 0.2) is 18.2 Å². The summed E-state index contributed by atoms with van der Waals surface area (Å²) in [7, 11) is 0. The van der Waals surface area contributed by atoms with Crippen molar-refractivity contribution in [2.24, 2.45) is 0 Å². The molecule has 0 aromatic heterocycles. The SMILES string of the molecule is CCc1ccc2c(c1)CCC2.S. The van der Waals surface area contributed by atoms with Gasteiger partial charge in [-0.3, -0.25) is 0 Å². The van der Waals surface area contributed by atoms with Crippen LogP contribution in [0, 0.1) is 0 Å². The fourth-order valence-corrected chi connectivity index (χ4v) is 1.85. The van der Waals surface area contributed by atoms with Crippen LogP contribution in [-0.4, -0.2) is 0 Å². The van der Waals surface area contributed by atoms with Crippen LogP contribution >= 0.6 is 13.5 Å². The minimum absolute atomic E-state index is 0. The Labute approximate surface area is 81.4 Å². The molecular weight excluding hydrogens is 164 g/mol. The summed E-state index contributed by atoms with van der Waals surface area (Å²) in [6, 6.07) is 6.95. The predicted molar refractivity (Wildman–Crippen MR) is 58.2 cm³/mol. The van der Waals surface area contributed by atoms with Crippen LogP contribution in [0.2, 0.25) is 0 Å². The van der Waals surface area contributed by atoms with E-state index >= 15 is 0 Å². The predicted octanol–water partition coefficient (Wildman–Crippen LogP) is 2.85. The second-order valence-corrected chi connectivity index (χ2v) is 3.31. The van der Waals surface area contributed by atoms with Gasteiger partial charge in [-0.05, 0) is 42.4 Å². The Hall–Kier alpha value is -0.430. The minimum Gasteiger partial charge on any atom is -0.197 e. The monoisotopic (exact) mass is 180 g/mol. The smallest absolute Gasteiger partial charge is 0.0273 e. The van der Waals surface area contributed by atoms with Gasteiger partial charge in [0.1, 0.15) is 0 Å². The number of fused-ring (bicyclic) bond motifs is 1. The second kappa shape index (κ2) is 3.99. The minimum atomic E-state index is 0. The van der Waals surface area contributed by atoms with Crippen LogP contribution in [0.5, 0.6) is 0 Å². The van der Waals surface area contributed by atoms with Gasteiger partial charge in [-0.2, -0.15) is 13.5 Å². The van der Waals surface area contributed by atoms with Crippen molar-refractivity contribution in [1.82, 2.24) is 0 Å². The molecule has 1 aliphatic carbocycles. The van der Waals surface area contributed by atoms with Crippen LogP contribution < -0.4 is 0 Å². The molecule has 1 aliphatic rings. The van der Waals surface area contributed by atoms with Crippen LogP contribution in [0.3, 0.4) is 0 Å². The largest absolute Gasteiger partial charge is 0.197 e. The normalized spacial score (nSPS) is 13.8. The summed E-state index contributed by atoms with van der Waals surface area (Å²) >= 11 is 0. The van der Waals surface area contributed by atoms with Crippen LogP contribution in [0.4, 0.5) is 0 Å². The van der Waals surface area contributed by atoms with E-state index in [2.05, 4.69) is 25.1 Å². The summed E-state index contributed by atoms with van der Waals surface area (Å²) < 4.78 is 0. The van der Waals surface area contributed by atoms with Gasteiger partial charge in [0, 0.05) is 0 Å². The van der Waals surface area contributed by atoms with Crippen molar-refractivity contribution in [3.8, 4) is 0 Å². The summed E-state index contributed by atoms with van der Waals surface area (Å²) in [5.74, 6) is 0. The molecule has 0 unspecified atom stereocenters. The maximum atomic E-state index is 2.38. The van der Waals surface area contributed by atoms with Gasteiger partial charge < -0.3 is 0 Å². The van der Waals surface area contributed by atoms with Crippen molar-refractivity contribution >= 4 is 13.5 Å². The summed E-state index contributed by atoms with van der Waals surface area (Å²) in [6.45, 7) is 2.22. The Morgan fingerprint density at radius 2 is 1.92 bits per heavy atom. The first kappa shape index (κ1) is 9.66. The highest BCUT2D eigenvalue weighted by molar-refractivity contribution is 7.59. The van der Waals surface area contributed by atoms with E-state index in [0.717, 1.165) is 0 Å². The van der Waals surface area contributed by atoms with Crippen molar-refractivity contribution in [1.29, 1.82) is 0 Å². The fourth-order valence-electron chi connectivity index (χ4n) is 1.85. The lowest BCUT2D eigenvalue weighted by molar-refractivity contribution is 0.911. The zero-order valence-electron chi connectivity index (χ0n) is 7.56. The average molecular weight is 180 g/mol. The third-order valence-electron chi connectivity index (χ3n) is 2.57. The highest BCUT2D eigenvalue weighted by Crippen LogP contribution is 2.22. The first-order valence-corrected chi connectivity index (χ1v) is 4.51. The van der Waals surface area contributed by atoms with Gasteiger partial charge in [-0.1, -0.05) is 25.1 Å². The molecule has 1 aromatic carbocycles. The number of hydrogen-bond donors (Lipinski definition) is 0. The van der Waals surface area contributed by atoms with Crippen molar-refractivity contribution in [3.05, 3.63) is 34.9 Å². The van der Waals surface area contributed by atoms with Crippen LogP contribution in [0.25, 0.3) is 0 Å². The first-order valence-electron chi connectivity index (χ1n) is 4.51. The topological polar surface area (TPSA) is 0 Å². The maximum Gasteiger partial charge on any atom is -0.0273 e. The van der Waals surface area contributed by atoms with Crippen molar-refractivity contribution < 1.29 is 0 Å². The van der Waals surface area contributed by atoms with Gasteiger partial charge in [0.05, 0.1) is 0 Å². The Balaban J connectivity index is 0.000000720. The van der Waals surface area contributed by atoms with Gasteiger partial charge in [0.15, 0.2) is 0 Å². The quantitative estimate of drug-likeness (QED) is 0.623. The molecule has 0 nitrogen and oxygen atoms in total. The summed E-state index contributed by atoms with van der Waals surface area (Å²) in [5, 5.41) is 0. The van der Waals surface area contributed by atoms with Crippen molar-refractivity contribution in [2.75, 3.05) is 0 Å². The molecule has 0 saturated heterocycles. The van der Waals surface area contributed by atoms with E-state index in [9.17, 15) is 0 Å². The molecule has 12 heavy (non-hydrogen) atoms. The van der Waals surface area contributed by atoms with Crippen molar-refractivity contribution in [3.63, 3.8) is 0 Å². The van der Waals surface area contributed by atoms with E-state index in [0.29, 0.717) is 0 Å². The van der Waals surface area contributed by atoms with Gasteiger partial charge >= 0.3 is 0 Å². The molecule has 66 valence electrons. The third kappa shape index (κ3) is 1.66. The third-order valence-corrected chi connectivity index (χ3v) is 2.57. The zero-order chi connectivity index (χ0) is 7.68. The zero-order valence-corrected chi connectivity index (χ0v) is 8.56. The van der Waals surface area contributed by atoms with Gasteiger partial charge in [0.2, 0.25) is 0 Å². The number of benzene rings is 1. The number of hydrogen-bond acceptors (Lipinski definition) is 0. The maximum absolute atomic E-state index is 2.38. The average Bonchev–Trinajstić information content (AvgIpc) is 2.50. The molecule has 0 atom stereocenters. The molecule has 0 aliphatic heterocycles. The van der Waals surface area contributed by atoms with Gasteiger partial charge in [-0.15, -0.1) is 0 Å². The van der Waals surface area contributed by atoms with Crippen LogP contribution in [0.1, 0.15) is 30.0 Å². The second-order valence-electron chi connectivity index (χ2n) is 3.31. The molecule has 0 heterocycles. The van der Waals surface area contributed by atoms with Crippen LogP contribution in [-0.2, 0) is 19.3 Å². The Morgan fingerprint density at radius 3 is 2.67 bits per heavy atom. The first-order chi connectivity index (χ1) is 5.40. The molecular formula is C11H16S. The van der Waals surface area contributed by atoms with E-state index in [4.69, 9.17) is 0 Å². The molecule has 0 radical (unpaired) electrons. The molecule has 1 aromatic rings. The lowest BCUT2D eigenvalue weighted by Crippen LogP contribution is -1.85. The summed E-state index contributed by atoms with van der Waals surface area (Å²) in [4.78, 5) is 0. The number of aryl methyl sites for hydroxylation is 3. The standard InChI is InChI=1S/C11H14.H2S/c1-2-9-6-7-10-4-3-5-11(10)8-9;/h6-8H,2-5H2,1H3;1H2. The molecule has 0 bridgehead atoms. The molecule has 0 amide bonds. The number of rotatable bonds is 1. The highest BCUT2D eigenvalue weighted by Gasteiger charge is 2.09. The van der Waals surface area contributed by atoms with E-state index < -0.39 is 0 Å². The Morgan fingerprint density at radius 1 is 1.17 bits per heavy atom. The summed E-state index contributed by atoms with van der Waals surface area (Å²) in [5.41, 5.74) is 4.68. The highest BCUT2D eigenvalue weighted by atomic mass is 32.1. The molecule has 0 saturated carbocycles. The molecule has 2 rings (SSSR count). The fraction of sp³-hybridized carbons (Fsp3) is 0.455. The van der Waals surface area contributed by atoms with E-state index in [1.807, 2.05) is 0 Å². The van der Waals surface area contributed by atoms with Gasteiger partial charge in [0.25, 0.3) is 0 Å². The van der Waals surface area contributed by atoms with Gasteiger partial charge in [-0.25, -0.2) is 0 Å². The molecule has 0 spiro atoms. The molecule has 1 heteroatoms. The Kier molecular flexibility index (Phi) is 3.21. The van der Waals surface area contributed by atoms with E-state index in [-0.39, 0.29) is 13.5 Å². The molecule has 0 fully saturated rings. The Bertz CT molecular complexity index is 266. The molecule has 0 N–H and O–H groups in total. The van der Waals surface area contributed by atoms with E-state index in [1.54, 1.807) is 11.1 Å². The summed E-state index contributed by atoms with van der Waals surface area (Å²) in [6.07, 6.45) is 5.15.